The molecule has 0 fully saturated rings. The lowest BCUT2D eigenvalue weighted by atomic mass is 9.99. The summed E-state index contributed by atoms with van der Waals surface area (Å²) in [5.74, 6) is -0.587. The average Bonchev–Trinajstić information content (AvgIpc) is 3.13. The van der Waals surface area contributed by atoms with Crippen molar-refractivity contribution in [2.75, 3.05) is 6.61 Å². The molecule has 5 N–H and O–H groups in total. The maximum Gasteiger partial charge on any atom is 0.249 e. The first-order valence-corrected chi connectivity index (χ1v) is 22.6. The van der Waals surface area contributed by atoms with Crippen molar-refractivity contribution in [2.45, 2.75) is 263 Å². The quantitative estimate of drug-likeness (QED) is 0.0319. The fraction of sp³-hybridized carbons (Fsp3) is 0.933. The van der Waals surface area contributed by atoms with Crippen molar-refractivity contribution in [1.29, 1.82) is 0 Å². The second-order valence-electron chi connectivity index (χ2n) is 15.8. The number of unbranched alkanes of at least 4 members (excludes halogenated alkanes) is 30. The third-order valence-corrected chi connectivity index (χ3v) is 10.7. The summed E-state index contributed by atoms with van der Waals surface area (Å²) >= 11 is 0. The summed E-state index contributed by atoms with van der Waals surface area (Å²) in [6.45, 7) is 4.05. The predicted octanol–water partition coefficient (Wildman–Crippen LogP) is 11.8. The van der Waals surface area contributed by atoms with Gasteiger partial charge in [-0.15, -0.1) is 0 Å². The minimum Gasteiger partial charge on any atom is -0.394 e. The van der Waals surface area contributed by atoms with Crippen molar-refractivity contribution in [3.05, 3.63) is 12.2 Å². The molecule has 0 radical (unpaired) electrons. The van der Waals surface area contributed by atoms with Crippen molar-refractivity contribution >= 4 is 5.91 Å². The number of nitrogens with one attached hydrogen (secondary N) is 1. The topological polar surface area (TPSA) is 110 Å². The zero-order chi connectivity index (χ0) is 37.5. The van der Waals surface area contributed by atoms with Crippen molar-refractivity contribution in [1.82, 2.24) is 5.32 Å². The Morgan fingerprint density at radius 2 is 0.784 bits per heavy atom. The second-order valence-corrected chi connectivity index (χ2v) is 15.8. The predicted molar refractivity (Wildman–Crippen MR) is 219 cm³/mol. The van der Waals surface area contributed by atoms with E-state index in [2.05, 4.69) is 31.3 Å². The summed E-state index contributed by atoms with van der Waals surface area (Å²) in [6.07, 6.45) is 43.9. The van der Waals surface area contributed by atoms with Crippen LogP contribution in [0.5, 0.6) is 0 Å². The van der Waals surface area contributed by atoms with Crippen LogP contribution in [0.2, 0.25) is 0 Å². The van der Waals surface area contributed by atoms with Crippen molar-refractivity contribution in [3.63, 3.8) is 0 Å². The third-order valence-electron chi connectivity index (χ3n) is 10.7. The third kappa shape index (κ3) is 34.6. The van der Waals surface area contributed by atoms with Gasteiger partial charge in [0.05, 0.1) is 18.8 Å². The summed E-state index contributed by atoms with van der Waals surface area (Å²) in [5, 5.41) is 43.7. The van der Waals surface area contributed by atoms with E-state index in [1.54, 1.807) is 0 Å². The average molecular weight is 724 g/mol. The van der Waals surface area contributed by atoms with E-state index < -0.39 is 36.9 Å². The van der Waals surface area contributed by atoms with Gasteiger partial charge < -0.3 is 25.7 Å². The number of hydrogen-bond donors (Lipinski definition) is 5. The van der Waals surface area contributed by atoms with Crippen LogP contribution in [-0.4, -0.2) is 57.3 Å². The Labute approximate surface area is 317 Å². The fourth-order valence-electron chi connectivity index (χ4n) is 7.11. The van der Waals surface area contributed by atoms with Crippen molar-refractivity contribution < 1.29 is 25.2 Å². The van der Waals surface area contributed by atoms with E-state index in [0.717, 1.165) is 44.9 Å². The van der Waals surface area contributed by atoms with Crippen LogP contribution in [0.1, 0.15) is 239 Å². The largest absolute Gasteiger partial charge is 0.394 e. The summed E-state index contributed by atoms with van der Waals surface area (Å²) in [6, 6.07) is -0.984. The monoisotopic (exact) mass is 724 g/mol. The Hall–Kier alpha value is -0.950. The zero-order valence-corrected chi connectivity index (χ0v) is 34.1. The molecule has 0 rings (SSSR count). The Bertz CT molecular complexity index is 731. The van der Waals surface area contributed by atoms with Gasteiger partial charge in [0.25, 0.3) is 0 Å². The van der Waals surface area contributed by atoms with Gasteiger partial charge in [0.15, 0.2) is 0 Å². The molecule has 4 atom stereocenters. The minimum atomic E-state index is -1.26. The van der Waals surface area contributed by atoms with Gasteiger partial charge in [0.2, 0.25) is 5.91 Å². The Kier molecular flexibility index (Phi) is 39.5. The number of allylic oxidation sites excluding steroid dienone is 2. The molecule has 6 nitrogen and oxygen atoms in total. The first-order valence-electron chi connectivity index (χ1n) is 22.6. The molecule has 0 aliphatic heterocycles. The van der Waals surface area contributed by atoms with Crippen LogP contribution in [0, 0.1) is 0 Å². The Morgan fingerprint density at radius 3 is 1.14 bits per heavy atom. The van der Waals surface area contributed by atoms with Crippen LogP contribution < -0.4 is 5.32 Å². The van der Waals surface area contributed by atoms with Crippen LogP contribution in [0.4, 0.5) is 0 Å². The van der Waals surface area contributed by atoms with Gasteiger partial charge in [-0.25, -0.2) is 0 Å². The number of carbonyl (C=O) groups excluding carboxylic acids is 1. The first kappa shape index (κ1) is 50.1. The van der Waals surface area contributed by atoms with E-state index in [1.165, 1.54) is 167 Å². The first-order chi connectivity index (χ1) is 25.0. The Balaban J connectivity index is 3.70. The van der Waals surface area contributed by atoms with Crippen LogP contribution in [0.3, 0.4) is 0 Å². The summed E-state index contributed by atoms with van der Waals surface area (Å²) in [4.78, 5) is 12.5. The van der Waals surface area contributed by atoms with Gasteiger partial charge in [-0.1, -0.05) is 212 Å². The minimum absolute atomic E-state index is 0.365. The van der Waals surface area contributed by atoms with Crippen LogP contribution in [0.15, 0.2) is 12.2 Å². The molecule has 0 saturated carbocycles. The van der Waals surface area contributed by atoms with E-state index in [0.29, 0.717) is 12.8 Å². The van der Waals surface area contributed by atoms with Crippen LogP contribution in [-0.2, 0) is 4.79 Å². The molecule has 0 aromatic carbocycles. The van der Waals surface area contributed by atoms with E-state index >= 15 is 0 Å². The van der Waals surface area contributed by atoms with Crippen molar-refractivity contribution in [2.24, 2.45) is 0 Å². The molecule has 0 aromatic heterocycles. The van der Waals surface area contributed by atoms with E-state index in [4.69, 9.17) is 0 Å². The number of rotatable bonds is 41. The zero-order valence-electron chi connectivity index (χ0n) is 34.1. The standard InChI is InChI=1S/C45H89NO5/c1-3-5-7-9-11-13-15-17-18-19-20-21-22-23-24-25-27-29-31-33-35-37-39-43(49)45(51)46-41(40-47)44(50)42(48)38-36-34-32-30-28-26-16-14-12-10-8-6-4-2/h23-24,41-44,47-50H,3-22,25-40H2,1-2H3,(H,46,51)/b24-23-. The Morgan fingerprint density at radius 1 is 0.471 bits per heavy atom. The molecule has 304 valence electrons. The molecule has 0 aliphatic rings. The van der Waals surface area contributed by atoms with Gasteiger partial charge in [-0.3, -0.25) is 4.79 Å². The smallest absolute Gasteiger partial charge is 0.249 e. The van der Waals surface area contributed by atoms with Gasteiger partial charge in [0, 0.05) is 0 Å². The van der Waals surface area contributed by atoms with Gasteiger partial charge in [-0.05, 0) is 38.5 Å². The molecular weight excluding hydrogens is 634 g/mol. The molecule has 6 heteroatoms. The highest BCUT2D eigenvalue weighted by molar-refractivity contribution is 5.80. The lowest BCUT2D eigenvalue weighted by Gasteiger charge is -2.27. The normalized spacial score (nSPS) is 14.2. The number of aliphatic hydroxyl groups excluding tert-OH is 4. The molecular formula is C45H89NO5. The van der Waals surface area contributed by atoms with E-state index in [-0.39, 0.29) is 0 Å². The maximum absolute atomic E-state index is 12.5. The molecule has 0 bridgehead atoms. The highest BCUT2D eigenvalue weighted by Crippen LogP contribution is 2.16. The van der Waals surface area contributed by atoms with Crippen molar-refractivity contribution in [3.8, 4) is 0 Å². The molecule has 0 spiro atoms. The van der Waals surface area contributed by atoms with Gasteiger partial charge in [0.1, 0.15) is 12.2 Å². The molecule has 0 heterocycles. The fourth-order valence-corrected chi connectivity index (χ4v) is 7.11. The van der Waals surface area contributed by atoms with Gasteiger partial charge >= 0.3 is 0 Å². The number of amides is 1. The molecule has 0 aliphatic carbocycles. The van der Waals surface area contributed by atoms with E-state index in [1.807, 2.05) is 0 Å². The number of hydrogen-bond acceptors (Lipinski definition) is 5. The molecule has 0 aromatic rings. The van der Waals surface area contributed by atoms with Crippen LogP contribution in [0.25, 0.3) is 0 Å². The maximum atomic E-state index is 12.5. The lowest BCUT2D eigenvalue weighted by Crippen LogP contribution is -2.53. The highest BCUT2D eigenvalue weighted by Gasteiger charge is 2.28. The molecule has 51 heavy (non-hydrogen) atoms. The lowest BCUT2D eigenvalue weighted by molar-refractivity contribution is -0.132. The summed E-state index contributed by atoms with van der Waals surface area (Å²) in [7, 11) is 0. The second kappa shape index (κ2) is 40.2. The SMILES string of the molecule is CCCCCCCCCCCCCC/C=C\CCCCCCCCC(O)C(=O)NC(CO)C(O)C(O)CCCCCCCCCCCCCCC. The molecule has 1 amide bonds. The van der Waals surface area contributed by atoms with E-state index in [9.17, 15) is 25.2 Å². The number of aliphatic hydroxyl groups is 4. The van der Waals surface area contributed by atoms with Crippen LogP contribution >= 0.6 is 0 Å². The highest BCUT2D eigenvalue weighted by atomic mass is 16.3. The number of carbonyl (C=O) groups is 1. The van der Waals surface area contributed by atoms with Gasteiger partial charge in [-0.2, -0.15) is 0 Å². The summed E-state index contributed by atoms with van der Waals surface area (Å²) < 4.78 is 0. The molecule has 4 unspecified atom stereocenters. The molecule has 0 saturated heterocycles. The summed E-state index contributed by atoms with van der Waals surface area (Å²) in [5.41, 5.74) is 0.